The molecule has 0 bridgehead atoms. The molecule has 0 unspecified atom stereocenters. The van der Waals surface area contributed by atoms with Crippen LogP contribution >= 0.6 is 0 Å². The van der Waals surface area contributed by atoms with Crippen LogP contribution in [0.3, 0.4) is 0 Å². The Balaban J connectivity index is 1.31. The molecule has 0 N–H and O–H groups in total. The Hall–Kier alpha value is -5.66. The van der Waals surface area contributed by atoms with Gasteiger partial charge in [0, 0.05) is 10.9 Å². The lowest BCUT2D eigenvalue weighted by Crippen LogP contribution is -1.97. The Morgan fingerprint density at radius 3 is 2.09 bits per heavy atom. The Morgan fingerprint density at radius 2 is 1.16 bits per heavy atom. The molecule has 0 saturated heterocycles. The molecule has 0 spiro atoms. The highest BCUT2D eigenvalue weighted by Crippen LogP contribution is 2.49. The standard InChI is InChI=1S/C42H24O/c1-2-13-38-33(9-1)35-12-5-11-34-30(22-23-39(43-38)42(34)35)29-17-14-25-6-4-10-31(37(25)24-29)32-20-18-28-16-15-26-7-3-8-27-19-21-36(32)41(28)40(26)27/h1-24H/i3D,7D,8D,15D,16D,18D,19D,20D,21D. The molecule has 9 aromatic rings. The van der Waals surface area contributed by atoms with Gasteiger partial charge >= 0.3 is 0 Å². The summed E-state index contributed by atoms with van der Waals surface area (Å²) >= 11 is 0. The van der Waals surface area contributed by atoms with Gasteiger partial charge in [-0.2, -0.15) is 0 Å². The number of para-hydroxylation sites is 1. The molecule has 0 fully saturated rings. The predicted octanol–water partition coefficient (Wildman–Crippen LogP) is 12.0. The Kier molecular flexibility index (Phi) is 3.16. The second-order valence-electron chi connectivity index (χ2n) is 10.9. The minimum atomic E-state index is -0.491. The van der Waals surface area contributed by atoms with Gasteiger partial charge in [0.05, 0.1) is 12.3 Å². The van der Waals surface area contributed by atoms with Gasteiger partial charge in [-0.05, 0) is 94.5 Å². The number of hydrogen-bond donors (Lipinski definition) is 0. The maximum Gasteiger partial charge on any atom is 0.135 e. The maximum absolute atomic E-state index is 9.35. The van der Waals surface area contributed by atoms with Crippen LogP contribution in [0.1, 0.15) is 12.3 Å². The topological polar surface area (TPSA) is 9.23 Å². The summed E-state index contributed by atoms with van der Waals surface area (Å²) in [5.41, 5.74) is 4.75. The molecule has 0 amide bonds. The van der Waals surface area contributed by atoms with Gasteiger partial charge in [-0.15, -0.1) is 0 Å². The van der Waals surface area contributed by atoms with E-state index >= 15 is 0 Å². The van der Waals surface area contributed by atoms with Gasteiger partial charge in [0.1, 0.15) is 11.5 Å². The van der Waals surface area contributed by atoms with Crippen LogP contribution in [0.25, 0.3) is 87.2 Å². The molecule has 1 aliphatic rings. The number of ether oxygens (including phenoxy) is 1. The predicted molar refractivity (Wildman–Crippen MR) is 182 cm³/mol. The van der Waals surface area contributed by atoms with Crippen LogP contribution in [0.2, 0.25) is 0 Å². The summed E-state index contributed by atoms with van der Waals surface area (Å²) in [6.07, 6.45) is 0. The van der Waals surface area contributed by atoms with E-state index < -0.39 is 24.2 Å². The average molecular weight is 554 g/mol. The van der Waals surface area contributed by atoms with Gasteiger partial charge < -0.3 is 4.74 Å². The maximum atomic E-state index is 9.35. The summed E-state index contributed by atoms with van der Waals surface area (Å²) in [6.45, 7) is 0. The van der Waals surface area contributed by atoms with Gasteiger partial charge in [-0.25, -0.2) is 0 Å². The van der Waals surface area contributed by atoms with Gasteiger partial charge in [-0.3, -0.25) is 0 Å². The first-order chi connectivity index (χ1) is 25.1. The highest BCUT2D eigenvalue weighted by atomic mass is 16.5. The molecule has 1 heterocycles. The molecule has 1 aliphatic heterocycles. The molecular formula is C42H24O. The fourth-order valence-corrected chi connectivity index (χ4v) is 6.75. The minimum Gasteiger partial charge on any atom is -0.456 e. The third kappa shape index (κ3) is 3.17. The summed E-state index contributed by atoms with van der Waals surface area (Å²) in [4.78, 5) is 0. The molecule has 0 aliphatic carbocycles. The zero-order valence-electron chi connectivity index (χ0n) is 31.6. The van der Waals surface area contributed by atoms with Gasteiger partial charge in [0.15, 0.2) is 0 Å². The van der Waals surface area contributed by atoms with E-state index in [4.69, 9.17) is 13.0 Å². The van der Waals surface area contributed by atoms with Crippen LogP contribution in [0.15, 0.2) is 145 Å². The highest BCUT2D eigenvalue weighted by Gasteiger charge is 2.21. The Bertz CT molecular complexity index is 3070. The van der Waals surface area contributed by atoms with Crippen LogP contribution in [0.4, 0.5) is 0 Å². The molecular weight excluding hydrogens is 520 g/mol. The smallest absolute Gasteiger partial charge is 0.135 e. The first-order valence-corrected chi connectivity index (χ1v) is 14.1. The van der Waals surface area contributed by atoms with Crippen LogP contribution in [-0.2, 0) is 0 Å². The quantitative estimate of drug-likeness (QED) is 0.193. The average Bonchev–Trinajstić information content (AvgIpc) is 3.15. The van der Waals surface area contributed by atoms with E-state index in [1.807, 2.05) is 72.8 Å². The fraction of sp³-hybridized carbons (Fsp3) is 0. The normalized spacial score (nSPS) is 15.3. The summed E-state index contributed by atoms with van der Waals surface area (Å²) in [6, 6.07) is 26.5. The van der Waals surface area contributed by atoms with Crippen molar-refractivity contribution in [2.45, 2.75) is 0 Å². The number of rotatable bonds is 2. The summed E-state index contributed by atoms with van der Waals surface area (Å²) in [7, 11) is 0. The molecule has 43 heavy (non-hydrogen) atoms. The molecule has 198 valence electrons. The number of fused-ring (bicyclic) bond motifs is 3. The molecule has 0 atom stereocenters. The van der Waals surface area contributed by atoms with E-state index in [-0.39, 0.29) is 68.1 Å². The first kappa shape index (κ1) is 16.1. The van der Waals surface area contributed by atoms with Crippen molar-refractivity contribution in [3.05, 3.63) is 145 Å². The second kappa shape index (κ2) is 8.44. The summed E-state index contributed by atoms with van der Waals surface area (Å²) in [5, 5.41) is 3.93. The van der Waals surface area contributed by atoms with E-state index in [2.05, 4.69) is 18.2 Å². The van der Waals surface area contributed by atoms with Gasteiger partial charge in [-0.1, -0.05) is 127 Å². The Labute approximate surface area is 261 Å². The fourth-order valence-electron chi connectivity index (χ4n) is 6.75. The number of benzene rings is 9. The monoisotopic (exact) mass is 553 g/mol. The van der Waals surface area contributed by atoms with E-state index in [1.54, 1.807) is 0 Å². The molecule has 1 nitrogen and oxygen atoms in total. The largest absolute Gasteiger partial charge is 0.456 e. The molecule has 9 aromatic carbocycles. The van der Waals surface area contributed by atoms with Crippen molar-refractivity contribution in [3.63, 3.8) is 0 Å². The van der Waals surface area contributed by atoms with Crippen LogP contribution in [0.5, 0.6) is 11.5 Å². The zero-order chi connectivity index (χ0) is 35.9. The highest BCUT2D eigenvalue weighted by molar-refractivity contribution is 6.26. The van der Waals surface area contributed by atoms with Gasteiger partial charge in [0.25, 0.3) is 0 Å². The van der Waals surface area contributed by atoms with Crippen molar-refractivity contribution < 1.29 is 17.1 Å². The van der Waals surface area contributed by atoms with Crippen LogP contribution in [0, 0.1) is 0 Å². The van der Waals surface area contributed by atoms with Crippen molar-refractivity contribution in [1.29, 1.82) is 0 Å². The number of hydrogen-bond acceptors (Lipinski definition) is 1. The van der Waals surface area contributed by atoms with Crippen LogP contribution in [-0.4, -0.2) is 0 Å². The van der Waals surface area contributed by atoms with Crippen molar-refractivity contribution in [3.8, 4) is 44.9 Å². The molecule has 1 heteroatoms. The van der Waals surface area contributed by atoms with Crippen molar-refractivity contribution >= 4 is 53.9 Å². The molecule has 0 saturated carbocycles. The second-order valence-corrected chi connectivity index (χ2v) is 10.9. The summed E-state index contributed by atoms with van der Waals surface area (Å²) in [5.74, 6) is 1.57. The van der Waals surface area contributed by atoms with E-state index in [0.29, 0.717) is 5.56 Å². The van der Waals surface area contributed by atoms with E-state index in [1.165, 1.54) is 0 Å². The third-order valence-corrected chi connectivity index (χ3v) is 8.67. The first-order valence-electron chi connectivity index (χ1n) is 18.6. The van der Waals surface area contributed by atoms with E-state index in [9.17, 15) is 4.11 Å². The molecule has 10 rings (SSSR count). The lowest BCUT2D eigenvalue weighted by atomic mass is 9.87. The van der Waals surface area contributed by atoms with Crippen molar-refractivity contribution in [2.75, 3.05) is 0 Å². The van der Waals surface area contributed by atoms with Crippen molar-refractivity contribution in [2.24, 2.45) is 0 Å². The third-order valence-electron chi connectivity index (χ3n) is 8.67. The van der Waals surface area contributed by atoms with E-state index in [0.717, 1.165) is 55.3 Å². The molecule has 0 aromatic heterocycles. The zero-order valence-corrected chi connectivity index (χ0v) is 22.6. The SMILES string of the molecule is [2H]c1c([2H])c2c([2H])c([2H])c3c([2H])c([2H])c(-c4cccc5ccc(-c6ccc7c8c(cccc68)-c6ccccc6O7)cc45)c4c([2H])c([2H])c(c1[2H])c2c34. The minimum absolute atomic E-state index is 0.0372. The lowest BCUT2D eigenvalue weighted by Gasteiger charge is -2.22. The Morgan fingerprint density at radius 1 is 0.395 bits per heavy atom. The molecule has 0 radical (unpaired) electrons. The van der Waals surface area contributed by atoms with Crippen molar-refractivity contribution in [1.82, 2.24) is 0 Å². The lowest BCUT2D eigenvalue weighted by molar-refractivity contribution is 0.487. The van der Waals surface area contributed by atoms with Crippen LogP contribution < -0.4 is 4.74 Å². The van der Waals surface area contributed by atoms with Gasteiger partial charge in [0.2, 0.25) is 0 Å². The summed E-state index contributed by atoms with van der Waals surface area (Å²) < 4.78 is 86.7.